The molecule has 1 aromatic carbocycles. The van der Waals surface area contributed by atoms with Gasteiger partial charge in [-0.3, -0.25) is 0 Å². The molecule has 1 atom stereocenters. The van der Waals surface area contributed by atoms with Gasteiger partial charge in [0.2, 0.25) is 0 Å². The monoisotopic (exact) mass is 283 g/mol. The van der Waals surface area contributed by atoms with Crippen molar-refractivity contribution in [2.24, 2.45) is 0 Å². The molecular weight excluding hydrogens is 258 g/mol. The van der Waals surface area contributed by atoms with Gasteiger partial charge in [-0.1, -0.05) is 12.1 Å². The highest BCUT2D eigenvalue weighted by Crippen LogP contribution is 2.22. The summed E-state index contributed by atoms with van der Waals surface area (Å²) < 4.78 is 0. The summed E-state index contributed by atoms with van der Waals surface area (Å²) in [4.78, 5) is 1.31. The summed E-state index contributed by atoms with van der Waals surface area (Å²) in [5.41, 5.74) is 2.48. The van der Waals surface area contributed by atoms with Crippen molar-refractivity contribution in [1.29, 1.82) is 0 Å². The van der Waals surface area contributed by atoms with Gasteiger partial charge in [0.15, 0.2) is 0 Å². The number of aliphatic hydroxyl groups excluding tert-OH is 2. The Labute approximate surface area is 120 Å². The van der Waals surface area contributed by atoms with Gasteiger partial charge in [0.1, 0.15) is 0 Å². The molecule has 0 bridgehead atoms. The number of benzene rings is 1. The maximum absolute atomic E-state index is 9.38. The van der Waals surface area contributed by atoms with Gasteiger partial charge in [-0.2, -0.15) is 0 Å². The average Bonchev–Trinajstić information content (AvgIpc) is 2.36. The average molecular weight is 283 g/mol. The molecule has 19 heavy (non-hydrogen) atoms. The summed E-state index contributed by atoms with van der Waals surface area (Å²) in [6.45, 7) is 6.55. The standard InChI is InChI=1S/C15H25NO2S/c1-11-7-12(5-6-14(11)19-4)8-15(2,3)16-9-13(18)10-17/h5-7,13,16-18H,8-10H2,1-4H3/t13-/m1/s1. The van der Waals surface area contributed by atoms with E-state index >= 15 is 0 Å². The molecule has 0 aliphatic heterocycles. The molecule has 0 aliphatic rings. The van der Waals surface area contributed by atoms with Crippen LogP contribution in [0.1, 0.15) is 25.0 Å². The largest absolute Gasteiger partial charge is 0.394 e. The molecule has 3 N–H and O–H groups in total. The summed E-state index contributed by atoms with van der Waals surface area (Å²) in [5.74, 6) is 0. The third-order valence-corrected chi connectivity index (χ3v) is 4.03. The van der Waals surface area contributed by atoms with Gasteiger partial charge in [-0.05, 0) is 50.6 Å². The molecule has 3 nitrogen and oxygen atoms in total. The van der Waals surface area contributed by atoms with Crippen molar-refractivity contribution in [2.45, 2.75) is 43.7 Å². The van der Waals surface area contributed by atoms with Crippen molar-refractivity contribution in [1.82, 2.24) is 5.32 Å². The Morgan fingerprint density at radius 3 is 2.58 bits per heavy atom. The van der Waals surface area contributed by atoms with Gasteiger partial charge in [-0.15, -0.1) is 11.8 Å². The molecule has 1 aromatic rings. The van der Waals surface area contributed by atoms with Crippen LogP contribution in [0.3, 0.4) is 0 Å². The Kier molecular flexibility index (Phi) is 6.33. The first-order chi connectivity index (χ1) is 8.88. The minimum absolute atomic E-state index is 0.108. The predicted molar refractivity (Wildman–Crippen MR) is 81.8 cm³/mol. The Bertz CT molecular complexity index is 407. The number of nitrogens with one attached hydrogen (secondary N) is 1. The lowest BCUT2D eigenvalue weighted by Crippen LogP contribution is -2.45. The van der Waals surface area contributed by atoms with E-state index in [4.69, 9.17) is 5.11 Å². The molecule has 0 saturated heterocycles. The fraction of sp³-hybridized carbons (Fsp3) is 0.600. The fourth-order valence-electron chi connectivity index (χ4n) is 2.08. The van der Waals surface area contributed by atoms with E-state index in [0.29, 0.717) is 6.54 Å². The number of aryl methyl sites for hydroxylation is 1. The lowest BCUT2D eigenvalue weighted by molar-refractivity contribution is 0.0877. The van der Waals surface area contributed by atoms with Crippen molar-refractivity contribution in [3.8, 4) is 0 Å². The highest BCUT2D eigenvalue weighted by Gasteiger charge is 2.19. The van der Waals surface area contributed by atoms with Crippen LogP contribution in [0, 0.1) is 6.92 Å². The molecule has 0 heterocycles. The Morgan fingerprint density at radius 2 is 2.05 bits per heavy atom. The number of β-amino-alcohol motifs (C(OH)–C–C–N with tert-alkyl or cyclic N) is 1. The number of thioether (sulfide) groups is 1. The van der Waals surface area contributed by atoms with Gasteiger partial charge >= 0.3 is 0 Å². The van der Waals surface area contributed by atoms with E-state index in [1.54, 1.807) is 11.8 Å². The van der Waals surface area contributed by atoms with E-state index in [2.05, 4.69) is 50.5 Å². The molecule has 0 fully saturated rings. The van der Waals surface area contributed by atoms with Crippen LogP contribution in [-0.4, -0.2) is 41.3 Å². The van der Waals surface area contributed by atoms with Crippen LogP contribution in [0.15, 0.2) is 23.1 Å². The van der Waals surface area contributed by atoms with Gasteiger partial charge in [0.25, 0.3) is 0 Å². The van der Waals surface area contributed by atoms with Gasteiger partial charge < -0.3 is 15.5 Å². The molecular formula is C15H25NO2S. The summed E-state index contributed by atoms with van der Waals surface area (Å²) in [6, 6.07) is 6.54. The minimum atomic E-state index is -0.695. The highest BCUT2D eigenvalue weighted by molar-refractivity contribution is 7.98. The van der Waals surface area contributed by atoms with Crippen molar-refractivity contribution >= 4 is 11.8 Å². The quantitative estimate of drug-likeness (QED) is 0.670. The number of hydrogen-bond donors (Lipinski definition) is 3. The van der Waals surface area contributed by atoms with E-state index in [1.165, 1.54) is 16.0 Å². The second kappa shape index (κ2) is 7.29. The number of aliphatic hydroxyl groups is 2. The topological polar surface area (TPSA) is 52.5 Å². The van der Waals surface area contributed by atoms with Crippen LogP contribution >= 0.6 is 11.8 Å². The van der Waals surface area contributed by atoms with Crippen LogP contribution < -0.4 is 5.32 Å². The SMILES string of the molecule is CSc1ccc(CC(C)(C)NC[C@@H](O)CO)cc1C. The molecule has 4 heteroatoms. The maximum Gasteiger partial charge on any atom is 0.0895 e. The summed E-state index contributed by atoms with van der Waals surface area (Å²) >= 11 is 1.76. The van der Waals surface area contributed by atoms with Crippen LogP contribution in [0.2, 0.25) is 0 Å². The second-order valence-corrected chi connectivity index (χ2v) is 6.43. The van der Waals surface area contributed by atoms with Crippen LogP contribution in [-0.2, 0) is 6.42 Å². The highest BCUT2D eigenvalue weighted by atomic mass is 32.2. The lowest BCUT2D eigenvalue weighted by atomic mass is 9.94. The first kappa shape index (κ1) is 16.5. The van der Waals surface area contributed by atoms with E-state index < -0.39 is 6.10 Å². The van der Waals surface area contributed by atoms with Crippen LogP contribution in [0.4, 0.5) is 0 Å². The zero-order valence-electron chi connectivity index (χ0n) is 12.2. The molecule has 108 valence electrons. The maximum atomic E-state index is 9.38. The molecule has 0 radical (unpaired) electrons. The van der Waals surface area contributed by atoms with Gasteiger partial charge in [0.05, 0.1) is 12.7 Å². The van der Waals surface area contributed by atoms with E-state index in [1.807, 2.05) is 0 Å². The Balaban J connectivity index is 2.64. The molecule has 1 rings (SSSR count). The minimum Gasteiger partial charge on any atom is -0.394 e. The lowest BCUT2D eigenvalue weighted by Gasteiger charge is -2.28. The number of rotatable bonds is 7. The summed E-state index contributed by atoms with van der Waals surface area (Å²) in [7, 11) is 0. The third-order valence-electron chi connectivity index (χ3n) is 3.13. The smallest absolute Gasteiger partial charge is 0.0895 e. The molecule has 0 unspecified atom stereocenters. The zero-order valence-corrected chi connectivity index (χ0v) is 13.0. The van der Waals surface area contributed by atoms with Crippen molar-refractivity contribution in [3.05, 3.63) is 29.3 Å². The first-order valence-electron chi connectivity index (χ1n) is 6.55. The van der Waals surface area contributed by atoms with Crippen LogP contribution in [0.5, 0.6) is 0 Å². The molecule has 0 aliphatic carbocycles. The normalized spacial score (nSPS) is 13.6. The molecule has 0 aromatic heterocycles. The second-order valence-electron chi connectivity index (χ2n) is 5.58. The van der Waals surface area contributed by atoms with E-state index in [0.717, 1.165) is 6.42 Å². The predicted octanol–water partition coefficient (Wildman–Crippen LogP) is 1.98. The fourth-order valence-corrected chi connectivity index (χ4v) is 2.67. The van der Waals surface area contributed by atoms with Gasteiger partial charge in [0, 0.05) is 17.0 Å². The molecule has 0 saturated carbocycles. The van der Waals surface area contributed by atoms with Crippen molar-refractivity contribution in [2.75, 3.05) is 19.4 Å². The van der Waals surface area contributed by atoms with Crippen molar-refractivity contribution in [3.63, 3.8) is 0 Å². The third kappa shape index (κ3) is 5.53. The Hall–Kier alpha value is -0.550. The Morgan fingerprint density at radius 1 is 1.37 bits per heavy atom. The summed E-state index contributed by atoms with van der Waals surface area (Å²) in [6.07, 6.45) is 2.28. The van der Waals surface area contributed by atoms with E-state index in [9.17, 15) is 5.11 Å². The molecule has 0 amide bonds. The molecule has 0 spiro atoms. The van der Waals surface area contributed by atoms with Crippen LogP contribution in [0.25, 0.3) is 0 Å². The van der Waals surface area contributed by atoms with Crippen molar-refractivity contribution < 1.29 is 10.2 Å². The van der Waals surface area contributed by atoms with Gasteiger partial charge in [-0.25, -0.2) is 0 Å². The van der Waals surface area contributed by atoms with E-state index in [-0.39, 0.29) is 12.1 Å². The first-order valence-corrected chi connectivity index (χ1v) is 7.78. The number of hydrogen-bond acceptors (Lipinski definition) is 4. The zero-order chi connectivity index (χ0) is 14.5. The summed E-state index contributed by atoms with van der Waals surface area (Å²) in [5, 5.41) is 21.5.